The lowest BCUT2D eigenvalue weighted by Crippen LogP contribution is -2.18. The number of allylic oxidation sites excluding steroid dienone is 2. The number of halogens is 2. The first-order valence-corrected chi connectivity index (χ1v) is 7.76. The van der Waals surface area contributed by atoms with Crippen LogP contribution < -0.4 is 10.6 Å². The van der Waals surface area contributed by atoms with Gasteiger partial charge in [0, 0.05) is 13.0 Å². The Morgan fingerprint density at radius 3 is 2.08 bits per heavy atom. The van der Waals surface area contributed by atoms with Crippen LogP contribution in [0.1, 0.15) is 34.6 Å². The van der Waals surface area contributed by atoms with Crippen molar-refractivity contribution >= 4 is 23.2 Å². The van der Waals surface area contributed by atoms with Crippen LogP contribution in [-0.4, -0.2) is 11.8 Å². The predicted octanol–water partition coefficient (Wildman–Crippen LogP) is 4.10. The average Bonchev–Trinajstić information content (AvgIpc) is 2.95. The second-order valence-corrected chi connectivity index (χ2v) is 7.05. The molecule has 2 N–H and O–H groups in total. The van der Waals surface area contributed by atoms with Gasteiger partial charge in [-0.05, 0) is 31.2 Å². The molecule has 1 aliphatic rings. The van der Waals surface area contributed by atoms with Crippen molar-refractivity contribution in [3.05, 3.63) is 35.4 Å². The molecule has 2 amide bonds. The van der Waals surface area contributed by atoms with E-state index in [4.69, 9.17) is 0 Å². The summed E-state index contributed by atoms with van der Waals surface area (Å²) >= 11 is 0. The first kappa shape index (κ1) is 18.1. The maximum Gasteiger partial charge on any atom is 0.228 e. The van der Waals surface area contributed by atoms with Gasteiger partial charge in [-0.2, -0.15) is 0 Å². The standard InChI is InChI=1S/C18H22F2N2O2/c1-9(2)6-11-16(18(11,4)5)17(24)22-15-8-14(21-10(3)23)12(19)7-13(15)20/h6-8,11,16H,1-5H3,(H,21,23)(H,22,24). The monoisotopic (exact) mass is 336 g/mol. The highest BCUT2D eigenvalue weighted by Crippen LogP contribution is 2.59. The van der Waals surface area contributed by atoms with Crippen molar-refractivity contribution in [1.29, 1.82) is 0 Å². The summed E-state index contributed by atoms with van der Waals surface area (Å²) in [7, 11) is 0. The fourth-order valence-corrected chi connectivity index (χ4v) is 2.99. The lowest BCUT2D eigenvalue weighted by Gasteiger charge is -2.11. The summed E-state index contributed by atoms with van der Waals surface area (Å²) in [5.41, 5.74) is 0.585. The molecule has 4 nitrogen and oxygen atoms in total. The van der Waals surface area contributed by atoms with Crippen LogP contribution in [0.25, 0.3) is 0 Å². The maximum atomic E-state index is 13.9. The third kappa shape index (κ3) is 3.63. The van der Waals surface area contributed by atoms with E-state index in [1.54, 1.807) is 0 Å². The highest BCUT2D eigenvalue weighted by atomic mass is 19.1. The van der Waals surface area contributed by atoms with Crippen molar-refractivity contribution < 1.29 is 18.4 Å². The Labute approximate surface area is 140 Å². The largest absolute Gasteiger partial charge is 0.324 e. The first-order valence-electron chi connectivity index (χ1n) is 7.76. The van der Waals surface area contributed by atoms with Crippen molar-refractivity contribution in [3.63, 3.8) is 0 Å². The molecule has 1 fully saturated rings. The van der Waals surface area contributed by atoms with Crippen LogP contribution in [0.4, 0.5) is 20.2 Å². The molecule has 24 heavy (non-hydrogen) atoms. The number of anilines is 2. The number of hydrogen-bond donors (Lipinski definition) is 2. The summed E-state index contributed by atoms with van der Waals surface area (Å²) in [5.74, 6) is -2.77. The quantitative estimate of drug-likeness (QED) is 0.813. The Kier molecular flexibility index (Phi) is 4.78. The van der Waals surface area contributed by atoms with Gasteiger partial charge in [-0.3, -0.25) is 9.59 Å². The topological polar surface area (TPSA) is 58.2 Å². The second-order valence-electron chi connectivity index (χ2n) is 7.05. The van der Waals surface area contributed by atoms with Gasteiger partial charge >= 0.3 is 0 Å². The zero-order chi connectivity index (χ0) is 18.2. The third-order valence-electron chi connectivity index (χ3n) is 4.33. The minimum Gasteiger partial charge on any atom is -0.324 e. The van der Waals surface area contributed by atoms with Gasteiger partial charge in [-0.25, -0.2) is 8.78 Å². The second kappa shape index (κ2) is 6.34. The van der Waals surface area contributed by atoms with E-state index in [-0.39, 0.29) is 34.5 Å². The summed E-state index contributed by atoms with van der Waals surface area (Å²) < 4.78 is 27.6. The number of amides is 2. The molecular weight excluding hydrogens is 314 g/mol. The van der Waals surface area contributed by atoms with Crippen LogP contribution in [0.5, 0.6) is 0 Å². The van der Waals surface area contributed by atoms with Crippen molar-refractivity contribution in [3.8, 4) is 0 Å². The van der Waals surface area contributed by atoms with Gasteiger partial charge in [0.1, 0.15) is 11.6 Å². The molecule has 2 atom stereocenters. The molecule has 2 rings (SSSR count). The van der Waals surface area contributed by atoms with Crippen LogP contribution in [0, 0.1) is 28.9 Å². The summed E-state index contributed by atoms with van der Waals surface area (Å²) in [5, 5.41) is 4.78. The van der Waals surface area contributed by atoms with Gasteiger partial charge in [0.05, 0.1) is 17.3 Å². The first-order chi connectivity index (χ1) is 11.0. The van der Waals surface area contributed by atoms with E-state index in [2.05, 4.69) is 10.6 Å². The Morgan fingerprint density at radius 2 is 1.58 bits per heavy atom. The molecule has 0 saturated heterocycles. The summed E-state index contributed by atoms with van der Waals surface area (Å²) in [6.45, 7) is 9.10. The van der Waals surface area contributed by atoms with Gasteiger partial charge in [0.2, 0.25) is 11.8 Å². The fourth-order valence-electron chi connectivity index (χ4n) is 2.99. The molecule has 1 aliphatic carbocycles. The zero-order valence-electron chi connectivity index (χ0n) is 14.5. The normalized spacial score (nSPS) is 21.0. The Balaban J connectivity index is 2.21. The molecule has 0 aromatic heterocycles. The number of nitrogens with one attached hydrogen (secondary N) is 2. The highest BCUT2D eigenvalue weighted by Gasteiger charge is 2.60. The van der Waals surface area contributed by atoms with Crippen molar-refractivity contribution in [2.45, 2.75) is 34.6 Å². The van der Waals surface area contributed by atoms with Gasteiger partial charge in [0.15, 0.2) is 0 Å². The van der Waals surface area contributed by atoms with Crippen molar-refractivity contribution in [1.82, 2.24) is 0 Å². The van der Waals surface area contributed by atoms with Gasteiger partial charge < -0.3 is 10.6 Å². The Hall–Kier alpha value is -2.24. The fraction of sp³-hybridized carbons (Fsp3) is 0.444. The van der Waals surface area contributed by atoms with E-state index in [9.17, 15) is 18.4 Å². The summed E-state index contributed by atoms with van der Waals surface area (Å²) in [6.07, 6.45) is 2.04. The van der Waals surface area contributed by atoms with E-state index in [1.807, 2.05) is 33.8 Å². The van der Waals surface area contributed by atoms with Crippen LogP contribution in [0.15, 0.2) is 23.8 Å². The maximum absolute atomic E-state index is 13.9. The molecule has 0 radical (unpaired) electrons. The third-order valence-corrected chi connectivity index (χ3v) is 4.33. The SMILES string of the molecule is CC(=O)Nc1cc(NC(=O)C2C(C=C(C)C)C2(C)C)c(F)cc1F. The zero-order valence-corrected chi connectivity index (χ0v) is 14.5. The van der Waals surface area contributed by atoms with Crippen LogP contribution in [-0.2, 0) is 9.59 Å². The van der Waals surface area contributed by atoms with Crippen molar-refractivity contribution in [2.24, 2.45) is 17.3 Å². The summed E-state index contributed by atoms with van der Waals surface area (Å²) in [4.78, 5) is 23.5. The minimum absolute atomic E-state index is 0.0841. The van der Waals surface area contributed by atoms with E-state index in [1.165, 1.54) is 6.92 Å². The minimum atomic E-state index is -0.894. The molecule has 1 aromatic carbocycles. The predicted molar refractivity (Wildman–Crippen MR) is 89.5 cm³/mol. The number of benzene rings is 1. The summed E-state index contributed by atoms with van der Waals surface area (Å²) in [6, 6.07) is 1.74. The van der Waals surface area contributed by atoms with Crippen LogP contribution in [0.3, 0.4) is 0 Å². The number of rotatable bonds is 4. The number of carbonyl (C=O) groups excluding carboxylic acids is 2. The molecule has 130 valence electrons. The average molecular weight is 336 g/mol. The molecule has 6 heteroatoms. The molecule has 0 heterocycles. The van der Waals surface area contributed by atoms with E-state index in [0.717, 1.165) is 11.6 Å². The Bertz CT molecular complexity index is 722. The molecular formula is C18H22F2N2O2. The number of carbonyl (C=O) groups is 2. The number of hydrogen-bond acceptors (Lipinski definition) is 2. The highest BCUT2D eigenvalue weighted by molar-refractivity contribution is 5.97. The Morgan fingerprint density at radius 1 is 1.04 bits per heavy atom. The van der Waals surface area contributed by atoms with E-state index >= 15 is 0 Å². The van der Waals surface area contributed by atoms with Crippen LogP contribution in [0.2, 0.25) is 0 Å². The van der Waals surface area contributed by atoms with Gasteiger partial charge in [0.25, 0.3) is 0 Å². The lowest BCUT2D eigenvalue weighted by atomic mass is 10.1. The molecule has 0 spiro atoms. The van der Waals surface area contributed by atoms with E-state index < -0.39 is 17.5 Å². The van der Waals surface area contributed by atoms with Crippen molar-refractivity contribution in [2.75, 3.05) is 10.6 Å². The molecule has 1 aromatic rings. The smallest absolute Gasteiger partial charge is 0.228 e. The van der Waals surface area contributed by atoms with Gasteiger partial charge in [-0.1, -0.05) is 25.5 Å². The van der Waals surface area contributed by atoms with E-state index in [0.29, 0.717) is 6.07 Å². The molecule has 1 saturated carbocycles. The molecule has 2 unspecified atom stereocenters. The molecule has 0 aliphatic heterocycles. The van der Waals surface area contributed by atoms with Crippen LogP contribution >= 0.6 is 0 Å². The molecule has 0 bridgehead atoms. The lowest BCUT2D eigenvalue weighted by molar-refractivity contribution is -0.118. The van der Waals surface area contributed by atoms with Gasteiger partial charge in [-0.15, -0.1) is 0 Å².